The first-order valence-corrected chi connectivity index (χ1v) is 8.26. The number of ether oxygens (including phenoxy) is 1. The second kappa shape index (κ2) is 8.43. The summed E-state index contributed by atoms with van der Waals surface area (Å²) in [7, 11) is 1.33. The molecule has 5 heteroatoms. The van der Waals surface area contributed by atoms with E-state index in [1.165, 1.54) is 13.2 Å². The van der Waals surface area contributed by atoms with Crippen molar-refractivity contribution in [2.24, 2.45) is 0 Å². The minimum absolute atomic E-state index is 0.124. The van der Waals surface area contributed by atoms with Crippen molar-refractivity contribution in [2.45, 2.75) is 38.6 Å². The molecule has 1 aromatic rings. The lowest BCUT2D eigenvalue weighted by atomic mass is 9.97. The van der Waals surface area contributed by atoms with Crippen LogP contribution in [0.25, 0.3) is 6.08 Å². The molecule has 1 heterocycles. The van der Waals surface area contributed by atoms with Crippen molar-refractivity contribution in [3.8, 4) is 0 Å². The molecule has 1 fully saturated rings. The van der Waals surface area contributed by atoms with E-state index < -0.39 is 5.97 Å². The lowest BCUT2D eigenvalue weighted by Gasteiger charge is -2.33. The normalized spacial score (nSPS) is 17.8. The first kappa shape index (κ1) is 17.9. The van der Waals surface area contributed by atoms with Gasteiger partial charge in [0.15, 0.2) is 5.78 Å². The number of amides is 1. The van der Waals surface area contributed by atoms with Gasteiger partial charge in [-0.05, 0) is 43.0 Å². The predicted molar refractivity (Wildman–Crippen MR) is 91.5 cm³/mol. The average molecular weight is 329 g/mol. The number of rotatable bonds is 5. The van der Waals surface area contributed by atoms with Crippen LogP contribution in [-0.4, -0.2) is 42.3 Å². The molecule has 5 nitrogen and oxygen atoms in total. The van der Waals surface area contributed by atoms with E-state index in [0.29, 0.717) is 18.5 Å². The van der Waals surface area contributed by atoms with E-state index in [0.717, 1.165) is 24.8 Å². The van der Waals surface area contributed by atoms with Gasteiger partial charge >= 0.3 is 5.97 Å². The predicted octanol–water partition coefficient (Wildman–Crippen LogP) is 2.85. The molecule has 1 aliphatic rings. The van der Waals surface area contributed by atoms with Gasteiger partial charge in [0.05, 0.1) is 18.7 Å². The zero-order valence-corrected chi connectivity index (χ0v) is 14.2. The van der Waals surface area contributed by atoms with Gasteiger partial charge < -0.3 is 9.64 Å². The minimum Gasteiger partial charge on any atom is -0.465 e. The van der Waals surface area contributed by atoms with Crippen LogP contribution in [0.4, 0.5) is 0 Å². The molecule has 0 spiro atoms. The molecule has 1 aromatic carbocycles. The molecule has 0 aliphatic carbocycles. The van der Waals surface area contributed by atoms with Gasteiger partial charge in [-0.3, -0.25) is 9.59 Å². The summed E-state index contributed by atoms with van der Waals surface area (Å²) in [5.74, 6) is -0.409. The highest BCUT2D eigenvalue weighted by atomic mass is 16.5. The number of hydrogen-bond donors (Lipinski definition) is 0. The highest BCUT2D eigenvalue weighted by Crippen LogP contribution is 2.19. The number of esters is 1. The molecule has 1 aliphatic heterocycles. The Bertz CT molecular complexity index is 633. The summed E-state index contributed by atoms with van der Waals surface area (Å²) in [6.45, 7) is 2.46. The number of piperidine rings is 1. The Balaban J connectivity index is 2.05. The molecule has 0 radical (unpaired) electrons. The van der Waals surface area contributed by atoms with Gasteiger partial charge in [-0.1, -0.05) is 19.1 Å². The molecule has 0 N–H and O–H groups in total. The molecule has 1 amide bonds. The van der Waals surface area contributed by atoms with Gasteiger partial charge in [0.25, 0.3) is 0 Å². The number of carbonyl (C=O) groups is 3. The smallest absolute Gasteiger partial charge is 0.337 e. The van der Waals surface area contributed by atoms with Crippen molar-refractivity contribution >= 4 is 23.7 Å². The Kier molecular flexibility index (Phi) is 6.29. The van der Waals surface area contributed by atoms with Crippen LogP contribution in [0.3, 0.4) is 0 Å². The summed E-state index contributed by atoms with van der Waals surface area (Å²) in [5, 5.41) is 0. The fourth-order valence-electron chi connectivity index (χ4n) is 2.88. The van der Waals surface area contributed by atoms with E-state index in [1.54, 1.807) is 35.2 Å². The Hall–Kier alpha value is -2.43. The summed E-state index contributed by atoms with van der Waals surface area (Å²) in [6.07, 6.45) is 6.31. The maximum Gasteiger partial charge on any atom is 0.337 e. The summed E-state index contributed by atoms with van der Waals surface area (Å²) in [5.41, 5.74) is 1.27. The van der Waals surface area contributed by atoms with E-state index in [-0.39, 0.29) is 17.7 Å². The highest BCUT2D eigenvalue weighted by Gasteiger charge is 2.29. The fraction of sp³-hybridized carbons (Fsp3) is 0.421. The molecule has 2 rings (SSSR count). The quantitative estimate of drug-likeness (QED) is 0.615. The third-order valence-electron chi connectivity index (χ3n) is 4.26. The third kappa shape index (κ3) is 4.31. The van der Waals surface area contributed by atoms with Gasteiger partial charge in [-0.25, -0.2) is 4.79 Å². The number of ketones is 1. The largest absolute Gasteiger partial charge is 0.465 e. The van der Waals surface area contributed by atoms with E-state index in [2.05, 4.69) is 4.74 Å². The van der Waals surface area contributed by atoms with Crippen molar-refractivity contribution in [3.05, 3.63) is 41.5 Å². The van der Waals surface area contributed by atoms with Crippen LogP contribution in [-0.2, 0) is 14.3 Å². The Morgan fingerprint density at radius 3 is 2.54 bits per heavy atom. The molecule has 0 bridgehead atoms. The van der Waals surface area contributed by atoms with Gasteiger partial charge in [-0.15, -0.1) is 0 Å². The van der Waals surface area contributed by atoms with Crippen LogP contribution >= 0.6 is 0 Å². The molecule has 1 saturated heterocycles. The summed E-state index contributed by atoms with van der Waals surface area (Å²) in [4.78, 5) is 37.5. The molecule has 128 valence electrons. The fourth-order valence-corrected chi connectivity index (χ4v) is 2.88. The lowest BCUT2D eigenvalue weighted by molar-refractivity contribution is -0.137. The molecule has 0 saturated carbocycles. The second-order valence-corrected chi connectivity index (χ2v) is 5.81. The Labute approximate surface area is 142 Å². The maximum absolute atomic E-state index is 12.4. The molecular formula is C19H23NO4. The van der Waals surface area contributed by atoms with Crippen LogP contribution in [0.2, 0.25) is 0 Å². The topological polar surface area (TPSA) is 63.7 Å². The van der Waals surface area contributed by atoms with Crippen LogP contribution in [0.1, 0.15) is 48.5 Å². The zero-order valence-electron chi connectivity index (χ0n) is 14.2. The number of methoxy groups -OCH3 is 1. The van der Waals surface area contributed by atoms with Crippen molar-refractivity contribution in [1.29, 1.82) is 0 Å². The third-order valence-corrected chi connectivity index (χ3v) is 4.26. The Morgan fingerprint density at radius 1 is 1.21 bits per heavy atom. The first-order valence-electron chi connectivity index (χ1n) is 8.26. The number of likely N-dealkylation sites (tertiary alicyclic amines) is 1. The summed E-state index contributed by atoms with van der Waals surface area (Å²) < 4.78 is 4.65. The molecular weight excluding hydrogens is 306 g/mol. The summed E-state index contributed by atoms with van der Waals surface area (Å²) >= 11 is 0. The SMILES string of the molecule is CCC(=O)C1CCCCN1C(=O)C=Cc1ccc(C(=O)OC)cc1. The van der Waals surface area contributed by atoms with E-state index >= 15 is 0 Å². The van der Waals surface area contributed by atoms with Crippen LogP contribution in [0.15, 0.2) is 30.3 Å². The van der Waals surface area contributed by atoms with Gasteiger partial charge in [0.1, 0.15) is 0 Å². The Morgan fingerprint density at radius 2 is 1.92 bits per heavy atom. The number of benzene rings is 1. The monoisotopic (exact) mass is 329 g/mol. The average Bonchev–Trinajstić information content (AvgIpc) is 2.65. The second-order valence-electron chi connectivity index (χ2n) is 5.81. The standard InChI is InChI=1S/C19H23NO4/c1-3-17(21)16-6-4-5-13-20(16)18(22)12-9-14-7-10-15(11-8-14)19(23)24-2/h7-12,16H,3-6,13H2,1-2H3. The van der Waals surface area contributed by atoms with Gasteiger partial charge in [-0.2, -0.15) is 0 Å². The van der Waals surface area contributed by atoms with Gasteiger partial charge in [0, 0.05) is 19.0 Å². The number of hydrogen-bond acceptors (Lipinski definition) is 4. The van der Waals surface area contributed by atoms with Crippen molar-refractivity contribution < 1.29 is 19.1 Å². The first-order chi connectivity index (χ1) is 11.6. The summed E-state index contributed by atoms with van der Waals surface area (Å²) in [6, 6.07) is 6.52. The highest BCUT2D eigenvalue weighted by molar-refractivity contribution is 5.96. The minimum atomic E-state index is -0.393. The maximum atomic E-state index is 12.4. The number of carbonyl (C=O) groups excluding carboxylic acids is 3. The van der Waals surface area contributed by atoms with Crippen molar-refractivity contribution in [1.82, 2.24) is 4.90 Å². The number of Topliss-reactive ketones (excluding diaryl/α,β-unsaturated/α-hetero) is 1. The molecule has 1 atom stereocenters. The molecule has 0 aromatic heterocycles. The zero-order chi connectivity index (χ0) is 17.5. The number of nitrogens with zero attached hydrogens (tertiary/aromatic N) is 1. The molecule has 1 unspecified atom stereocenters. The van der Waals surface area contributed by atoms with Crippen LogP contribution in [0, 0.1) is 0 Å². The van der Waals surface area contributed by atoms with E-state index in [1.807, 2.05) is 6.92 Å². The lowest BCUT2D eigenvalue weighted by Crippen LogP contribution is -2.47. The van der Waals surface area contributed by atoms with E-state index in [4.69, 9.17) is 0 Å². The van der Waals surface area contributed by atoms with Crippen LogP contribution in [0.5, 0.6) is 0 Å². The molecule has 24 heavy (non-hydrogen) atoms. The van der Waals surface area contributed by atoms with Crippen molar-refractivity contribution in [3.63, 3.8) is 0 Å². The van der Waals surface area contributed by atoms with Crippen molar-refractivity contribution in [2.75, 3.05) is 13.7 Å². The van der Waals surface area contributed by atoms with Gasteiger partial charge in [0.2, 0.25) is 5.91 Å². The van der Waals surface area contributed by atoms with Crippen LogP contribution < -0.4 is 0 Å². The van der Waals surface area contributed by atoms with E-state index in [9.17, 15) is 14.4 Å².